The van der Waals surface area contributed by atoms with Crippen molar-refractivity contribution in [2.75, 3.05) is 0 Å². The average molecular weight is 202 g/mol. The summed E-state index contributed by atoms with van der Waals surface area (Å²) in [5.41, 5.74) is 3.36. The standard InChI is InChI=1S/C13H16NO/c1-3-8-14-10(2)12(9-15)11-6-4-5-7-13(11)14/h4-5,7,15H,3,8-9H2,1-2H3. The molecule has 2 rings (SSSR count). The first-order valence-corrected chi connectivity index (χ1v) is 5.38. The maximum absolute atomic E-state index is 9.36. The van der Waals surface area contributed by atoms with Crippen LogP contribution < -0.4 is 0 Å². The molecule has 0 fully saturated rings. The summed E-state index contributed by atoms with van der Waals surface area (Å²) >= 11 is 0. The van der Waals surface area contributed by atoms with Crippen LogP contribution in [0.25, 0.3) is 10.9 Å². The van der Waals surface area contributed by atoms with Crippen LogP contribution in [0.5, 0.6) is 0 Å². The molecular formula is C13H16NO. The maximum atomic E-state index is 9.36. The van der Waals surface area contributed by atoms with Gasteiger partial charge in [-0.2, -0.15) is 0 Å². The Hall–Kier alpha value is -1.28. The molecule has 0 spiro atoms. The summed E-state index contributed by atoms with van der Waals surface area (Å²) in [6, 6.07) is 9.20. The predicted molar refractivity (Wildman–Crippen MR) is 61.7 cm³/mol. The zero-order valence-corrected chi connectivity index (χ0v) is 9.25. The van der Waals surface area contributed by atoms with Crippen LogP contribution in [-0.4, -0.2) is 9.67 Å². The van der Waals surface area contributed by atoms with Gasteiger partial charge in [-0.15, -0.1) is 0 Å². The number of fused-ring (bicyclic) bond motifs is 1. The molecule has 0 saturated carbocycles. The third-order valence-electron chi connectivity index (χ3n) is 2.87. The van der Waals surface area contributed by atoms with Crippen molar-refractivity contribution < 1.29 is 5.11 Å². The molecule has 0 saturated heterocycles. The fraction of sp³-hybridized carbons (Fsp3) is 0.385. The van der Waals surface area contributed by atoms with E-state index in [4.69, 9.17) is 0 Å². The third kappa shape index (κ3) is 1.55. The van der Waals surface area contributed by atoms with Gasteiger partial charge >= 0.3 is 0 Å². The normalized spacial score (nSPS) is 11.1. The molecule has 0 aliphatic rings. The molecular weight excluding hydrogens is 186 g/mol. The fourth-order valence-corrected chi connectivity index (χ4v) is 2.12. The topological polar surface area (TPSA) is 25.2 Å². The van der Waals surface area contributed by atoms with Gasteiger partial charge in [-0.25, -0.2) is 0 Å². The number of aromatic nitrogens is 1. The molecule has 0 unspecified atom stereocenters. The lowest BCUT2D eigenvalue weighted by Gasteiger charge is -2.05. The van der Waals surface area contributed by atoms with Crippen molar-refractivity contribution >= 4 is 10.9 Å². The molecule has 2 aromatic rings. The van der Waals surface area contributed by atoms with Gasteiger partial charge in [0.1, 0.15) is 0 Å². The molecule has 1 heterocycles. The molecule has 1 radical (unpaired) electrons. The van der Waals surface area contributed by atoms with Gasteiger partial charge < -0.3 is 9.67 Å². The first-order valence-electron chi connectivity index (χ1n) is 5.38. The van der Waals surface area contributed by atoms with Crippen LogP contribution in [0.15, 0.2) is 18.2 Å². The van der Waals surface area contributed by atoms with Crippen LogP contribution in [0.4, 0.5) is 0 Å². The Morgan fingerprint density at radius 3 is 2.93 bits per heavy atom. The van der Waals surface area contributed by atoms with Crippen molar-refractivity contribution in [3.63, 3.8) is 0 Å². The summed E-state index contributed by atoms with van der Waals surface area (Å²) in [4.78, 5) is 0. The average Bonchev–Trinajstić information content (AvgIpc) is 2.53. The van der Waals surface area contributed by atoms with Crippen LogP contribution in [0.1, 0.15) is 24.6 Å². The summed E-state index contributed by atoms with van der Waals surface area (Å²) in [6.45, 7) is 5.32. The summed E-state index contributed by atoms with van der Waals surface area (Å²) in [7, 11) is 0. The van der Waals surface area contributed by atoms with E-state index in [0.717, 1.165) is 29.6 Å². The Morgan fingerprint density at radius 2 is 2.27 bits per heavy atom. The van der Waals surface area contributed by atoms with Gasteiger partial charge in [0.15, 0.2) is 0 Å². The zero-order valence-electron chi connectivity index (χ0n) is 9.25. The number of hydrogen-bond donors (Lipinski definition) is 1. The van der Waals surface area contributed by atoms with Crippen LogP contribution in [0.2, 0.25) is 0 Å². The highest BCUT2D eigenvalue weighted by Gasteiger charge is 2.11. The van der Waals surface area contributed by atoms with Crippen molar-refractivity contribution in [2.45, 2.75) is 33.4 Å². The van der Waals surface area contributed by atoms with E-state index >= 15 is 0 Å². The van der Waals surface area contributed by atoms with Crippen molar-refractivity contribution in [1.29, 1.82) is 0 Å². The minimum absolute atomic E-state index is 0.0968. The van der Waals surface area contributed by atoms with Crippen molar-refractivity contribution in [1.82, 2.24) is 4.57 Å². The van der Waals surface area contributed by atoms with Gasteiger partial charge in [0.2, 0.25) is 0 Å². The third-order valence-corrected chi connectivity index (χ3v) is 2.87. The molecule has 1 aromatic heterocycles. The summed E-state index contributed by atoms with van der Waals surface area (Å²) < 4.78 is 2.26. The lowest BCUT2D eigenvalue weighted by molar-refractivity contribution is 0.282. The van der Waals surface area contributed by atoms with Gasteiger partial charge in [0, 0.05) is 28.7 Å². The van der Waals surface area contributed by atoms with Crippen LogP contribution in [0, 0.1) is 13.0 Å². The molecule has 2 heteroatoms. The highest BCUT2D eigenvalue weighted by Crippen LogP contribution is 2.25. The van der Waals surface area contributed by atoms with Crippen LogP contribution in [0.3, 0.4) is 0 Å². The van der Waals surface area contributed by atoms with Crippen LogP contribution in [-0.2, 0) is 13.2 Å². The van der Waals surface area contributed by atoms with E-state index in [1.807, 2.05) is 12.1 Å². The van der Waals surface area contributed by atoms with Gasteiger partial charge in [0.25, 0.3) is 0 Å². The van der Waals surface area contributed by atoms with E-state index in [2.05, 4.69) is 30.5 Å². The van der Waals surface area contributed by atoms with Gasteiger partial charge in [0.05, 0.1) is 6.61 Å². The lowest BCUT2D eigenvalue weighted by Crippen LogP contribution is -1.99. The van der Waals surface area contributed by atoms with E-state index in [9.17, 15) is 5.11 Å². The lowest BCUT2D eigenvalue weighted by atomic mass is 10.1. The molecule has 1 N–H and O–H groups in total. The monoisotopic (exact) mass is 202 g/mol. The molecule has 0 bridgehead atoms. The first kappa shape index (κ1) is 10.2. The van der Waals surface area contributed by atoms with E-state index in [-0.39, 0.29) is 6.61 Å². The molecule has 0 aliphatic carbocycles. The Bertz CT molecular complexity index is 471. The number of rotatable bonds is 3. The number of nitrogens with zero attached hydrogens (tertiary/aromatic N) is 1. The molecule has 1 aromatic carbocycles. The molecule has 0 atom stereocenters. The second kappa shape index (κ2) is 4.07. The molecule has 0 aliphatic heterocycles. The number of aryl methyl sites for hydroxylation is 1. The fourth-order valence-electron chi connectivity index (χ4n) is 2.12. The van der Waals surface area contributed by atoms with Crippen LogP contribution >= 0.6 is 0 Å². The minimum Gasteiger partial charge on any atom is -0.392 e. The molecule has 2 nitrogen and oxygen atoms in total. The molecule has 15 heavy (non-hydrogen) atoms. The Labute approximate surface area is 90.2 Å². The quantitative estimate of drug-likeness (QED) is 0.813. The second-order valence-electron chi connectivity index (χ2n) is 3.80. The highest BCUT2D eigenvalue weighted by molar-refractivity contribution is 5.84. The van der Waals surface area contributed by atoms with E-state index in [1.54, 1.807) is 0 Å². The maximum Gasteiger partial charge on any atom is 0.0705 e. The summed E-state index contributed by atoms with van der Waals surface area (Å²) in [5, 5.41) is 10.4. The highest BCUT2D eigenvalue weighted by atomic mass is 16.3. The summed E-state index contributed by atoms with van der Waals surface area (Å²) in [6.07, 6.45) is 1.10. The Morgan fingerprint density at radius 1 is 1.47 bits per heavy atom. The second-order valence-corrected chi connectivity index (χ2v) is 3.80. The number of aliphatic hydroxyl groups is 1. The number of benzene rings is 1. The Kier molecular flexibility index (Phi) is 2.78. The molecule has 0 amide bonds. The van der Waals surface area contributed by atoms with Crippen molar-refractivity contribution in [2.24, 2.45) is 0 Å². The van der Waals surface area contributed by atoms with E-state index < -0.39 is 0 Å². The Balaban J connectivity index is 2.72. The van der Waals surface area contributed by atoms with Gasteiger partial charge in [-0.3, -0.25) is 0 Å². The van der Waals surface area contributed by atoms with Crippen molar-refractivity contribution in [3.8, 4) is 0 Å². The summed E-state index contributed by atoms with van der Waals surface area (Å²) in [5.74, 6) is 0. The van der Waals surface area contributed by atoms with E-state index in [0.29, 0.717) is 0 Å². The zero-order chi connectivity index (χ0) is 10.8. The minimum atomic E-state index is 0.0968. The number of hydrogen-bond acceptors (Lipinski definition) is 1. The molecule has 79 valence electrons. The first-order chi connectivity index (χ1) is 7.29. The largest absolute Gasteiger partial charge is 0.392 e. The van der Waals surface area contributed by atoms with E-state index in [1.165, 1.54) is 5.52 Å². The van der Waals surface area contributed by atoms with Gasteiger partial charge in [-0.05, 0) is 25.5 Å². The predicted octanol–water partition coefficient (Wildman–Crippen LogP) is 2.65. The van der Waals surface area contributed by atoms with Gasteiger partial charge in [-0.1, -0.05) is 19.1 Å². The smallest absolute Gasteiger partial charge is 0.0705 e. The van der Waals surface area contributed by atoms with Crippen molar-refractivity contribution in [3.05, 3.63) is 35.5 Å². The number of aliphatic hydroxyl groups excluding tert-OH is 1. The SMILES string of the molecule is CCCn1c(C)c(CO)c2[c]cccc21.